The van der Waals surface area contributed by atoms with Crippen molar-refractivity contribution in [1.29, 1.82) is 0 Å². The predicted molar refractivity (Wildman–Crippen MR) is 108 cm³/mol. The van der Waals surface area contributed by atoms with Crippen LogP contribution in [-0.2, 0) is 14.3 Å². The number of nitrogens with zero attached hydrogens (tertiary/aromatic N) is 2. The number of benzene rings is 1. The van der Waals surface area contributed by atoms with E-state index >= 15 is 0 Å². The fraction of sp³-hybridized carbons (Fsp3) is 0.316. The second-order valence-electron chi connectivity index (χ2n) is 6.39. The zero-order valence-corrected chi connectivity index (χ0v) is 17.7. The van der Waals surface area contributed by atoms with Crippen LogP contribution in [0.1, 0.15) is 9.67 Å². The molecule has 0 unspecified atom stereocenters. The number of halogens is 2. The van der Waals surface area contributed by atoms with Gasteiger partial charge >= 0.3 is 5.91 Å². The Morgan fingerprint density at radius 1 is 1.28 bits per heavy atom. The molecule has 7 nitrogen and oxygen atoms in total. The molecule has 0 bridgehead atoms. The smallest absolute Gasteiger partial charge is 0.431 e. The Hall–Kier alpha value is -1.97. The van der Waals surface area contributed by atoms with E-state index < -0.39 is 0 Å². The highest BCUT2D eigenvalue weighted by Crippen LogP contribution is 2.23. The summed E-state index contributed by atoms with van der Waals surface area (Å²) in [4.78, 5) is 26.6. The molecule has 1 saturated heterocycles. The molecule has 0 radical (unpaired) electrons. The maximum Gasteiger partial charge on any atom is 0.431 e. The summed E-state index contributed by atoms with van der Waals surface area (Å²) >= 11 is 7.15. The van der Waals surface area contributed by atoms with Crippen LogP contribution in [0.5, 0.6) is 0 Å². The number of nitrogens with one attached hydrogen (secondary N) is 1. The maximum atomic E-state index is 12.4. The van der Waals surface area contributed by atoms with Crippen LogP contribution < -0.4 is 22.6 Å². The van der Waals surface area contributed by atoms with Crippen LogP contribution in [0.2, 0.25) is 4.34 Å². The van der Waals surface area contributed by atoms with E-state index in [4.69, 9.17) is 21.1 Å². The molecule has 1 N–H and O–H groups in total. The van der Waals surface area contributed by atoms with Gasteiger partial charge in [0, 0.05) is 17.9 Å². The van der Waals surface area contributed by atoms with Crippen molar-refractivity contribution in [2.24, 2.45) is 0 Å². The summed E-state index contributed by atoms with van der Waals surface area (Å²) in [5.74, 6) is -0.142. The summed E-state index contributed by atoms with van der Waals surface area (Å²) < 4.78 is 13.0. The van der Waals surface area contributed by atoms with E-state index in [-0.39, 0.29) is 43.7 Å². The number of hydrogen-bond acceptors (Lipinski definition) is 6. The van der Waals surface area contributed by atoms with Gasteiger partial charge in [0.15, 0.2) is 12.3 Å². The first kappa shape index (κ1) is 21.7. The minimum Gasteiger partial charge on any atom is -1.00 e. The third-order valence-corrected chi connectivity index (χ3v) is 5.71. The Morgan fingerprint density at radius 3 is 2.76 bits per heavy atom. The highest BCUT2D eigenvalue weighted by Gasteiger charge is 2.30. The largest absolute Gasteiger partial charge is 1.00 e. The third-order valence-electron chi connectivity index (χ3n) is 4.49. The fourth-order valence-electron chi connectivity index (χ4n) is 3.04. The zero-order valence-electron chi connectivity index (χ0n) is 15.3. The van der Waals surface area contributed by atoms with Crippen molar-refractivity contribution >= 4 is 52.3 Å². The summed E-state index contributed by atoms with van der Waals surface area (Å²) in [6.07, 6.45) is 1.57. The van der Waals surface area contributed by atoms with Crippen molar-refractivity contribution in [1.82, 2.24) is 0 Å². The van der Waals surface area contributed by atoms with Crippen molar-refractivity contribution < 1.29 is 36.0 Å². The first-order chi connectivity index (χ1) is 13.6. The lowest BCUT2D eigenvalue weighted by Crippen LogP contribution is -3.00. The molecule has 1 fully saturated rings. The molecule has 10 heteroatoms. The van der Waals surface area contributed by atoms with Gasteiger partial charge in [0.25, 0.3) is 12.6 Å². The van der Waals surface area contributed by atoms with Crippen LogP contribution in [0, 0.1) is 0 Å². The molecule has 1 atom stereocenters. The van der Waals surface area contributed by atoms with Gasteiger partial charge < -0.3 is 32.1 Å². The zero-order chi connectivity index (χ0) is 19.5. The summed E-state index contributed by atoms with van der Waals surface area (Å²) in [7, 11) is 0. The molecule has 1 aromatic heterocycles. The number of morpholine rings is 1. The quantitative estimate of drug-likeness (QED) is 0.613. The molecule has 29 heavy (non-hydrogen) atoms. The van der Waals surface area contributed by atoms with Crippen LogP contribution in [-0.4, -0.2) is 61.7 Å². The molecule has 1 aromatic carbocycles. The number of carbonyl (C=O) groups is 2. The lowest BCUT2D eigenvalue weighted by molar-refractivity contribution is -0.454. The Morgan fingerprint density at radius 2 is 2.07 bits per heavy atom. The fourth-order valence-corrected chi connectivity index (χ4v) is 4.04. The predicted octanol–water partition coefficient (Wildman–Crippen LogP) is -0.539. The van der Waals surface area contributed by atoms with Crippen LogP contribution in [0.3, 0.4) is 0 Å². The first-order valence-corrected chi connectivity index (χ1v) is 10.0. The van der Waals surface area contributed by atoms with Gasteiger partial charge in [-0.15, -0.1) is 15.9 Å². The molecule has 2 aliphatic rings. The van der Waals surface area contributed by atoms with Crippen LogP contribution in [0.25, 0.3) is 0 Å². The van der Waals surface area contributed by atoms with Gasteiger partial charge in [-0.05, 0) is 36.4 Å². The number of amides is 2. The van der Waals surface area contributed by atoms with Crippen molar-refractivity contribution in [3.8, 4) is 0 Å². The van der Waals surface area contributed by atoms with Gasteiger partial charge in [-0.1, -0.05) is 11.6 Å². The van der Waals surface area contributed by atoms with E-state index in [1.165, 1.54) is 11.3 Å². The highest BCUT2D eigenvalue weighted by molar-refractivity contribution is 7.17. The van der Waals surface area contributed by atoms with Gasteiger partial charge in [-0.3, -0.25) is 4.79 Å². The SMILES string of the molecule is O=C1COCCN1c1ccc(NC[C@@H]2C=[N+](C(=O)c3ccc(Cl)s3)CO2)cc1.[Cl-]. The third kappa shape index (κ3) is 5.15. The van der Waals surface area contributed by atoms with Crippen molar-refractivity contribution in [3.05, 3.63) is 45.6 Å². The second-order valence-corrected chi connectivity index (χ2v) is 8.10. The molecular formula is C19H19Cl2N3O4S. The van der Waals surface area contributed by atoms with Crippen LogP contribution >= 0.6 is 22.9 Å². The number of rotatable bonds is 5. The Kier molecular flexibility index (Phi) is 7.26. The minimum atomic E-state index is -0.208. The Bertz CT molecular complexity index is 916. The average molecular weight is 456 g/mol. The standard InChI is InChI=1S/C19H19ClN3O4S.ClH/c20-17-6-5-16(28-17)19(25)22-10-15(27-12-22)9-21-13-1-3-14(4-2-13)23-7-8-26-11-18(23)24;/h1-6,10,15,21H,7-9,11-12H2;1H/q+1;/p-1/t15-;/m1./s1. The van der Waals surface area contributed by atoms with E-state index in [1.54, 1.807) is 27.8 Å². The minimum absolute atomic E-state index is 0. The first-order valence-electron chi connectivity index (χ1n) is 8.85. The van der Waals surface area contributed by atoms with E-state index in [2.05, 4.69) is 5.32 Å². The van der Waals surface area contributed by atoms with E-state index in [9.17, 15) is 9.59 Å². The average Bonchev–Trinajstić information content (AvgIpc) is 3.36. The van der Waals surface area contributed by atoms with E-state index in [1.807, 2.05) is 24.3 Å². The summed E-state index contributed by atoms with van der Waals surface area (Å²) in [5.41, 5.74) is 1.77. The van der Waals surface area contributed by atoms with E-state index in [0.29, 0.717) is 28.9 Å². The van der Waals surface area contributed by atoms with Gasteiger partial charge in [0.2, 0.25) is 0 Å². The molecular weight excluding hydrogens is 437 g/mol. The second kappa shape index (κ2) is 9.69. The molecule has 0 aliphatic carbocycles. The Balaban J connectivity index is 0.00000240. The number of carbonyl (C=O) groups excluding carboxylic acids is 2. The molecule has 3 heterocycles. The monoisotopic (exact) mass is 455 g/mol. The lowest BCUT2D eigenvalue weighted by Gasteiger charge is -2.27. The van der Waals surface area contributed by atoms with Gasteiger partial charge in [0.05, 0.1) is 17.5 Å². The van der Waals surface area contributed by atoms with Crippen molar-refractivity contribution in [2.45, 2.75) is 6.10 Å². The molecule has 0 saturated carbocycles. The van der Waals surface area contributed by atoms with Gasteiger partial charge in [0.1, 0.15) is 11.5 Å². The van der Waals surface area contributed by atoms with Crippen LogP contribution in [0.15, 0.2) is 36.4 Å². The van der Waals surface area contributed by atoms with E-state index in [0.717, 1.165) is 11.4 Å². The van der Waals surface area contributed by atoms with Gasteiger partial charge in [-0.25, -0.2) is 4.79 Å². The number of anilines is 2. The Labute approximate surface area is 183 Å². The number of thiophene rings is 1. The maximum absolute atomic E-state index is 12.4. The number of ether oxygens (including phenoxy) is 2. The summed E-state index contributed by atoms with van der Waals surface area (Å²) in [6, 6.07) is 11.1. The highest BCUT2D eigenvalue weighted by atomic mass is 35.5. The molecule has 4 rings (SSSR count). The lowest BCUT2D eigenvalue weighted by atomic mass is 10.2. The number of hydrogen-bond donors (Lipinski definition) is 1. The normalized spacial score (nSPS) is 18.9. The summed E-state index contributed by atoms with van der Waals surface area (Å²) in [6.45, 7) is 1.99. The van der Waals surface area contributed by atoms with Crippen molar-refractivity contribution in [2.75, 3.05) is 43.3 Å². The summed E-state index contributed by atoms with van der Waals surface area (Å²) in [5, 5.41) is 3.29. The molecule has 154 valence electrons. The molecule has 2 aromatic rings. The molecule has 2 amide bonds. The topological polar surface area (TPSA) is 70.9 Å². The molecule has 2 aliphatic heterocycles. The van der Waals surface area contributed by atoms with Gasteiger partial charge in [-0.2, -0.15) is 0 Å². The van der Waals surface area contributed by atoms with Crippen molar-refractivity contribution in [3.63, 3.8) is 0 Å². The molecule has 0 spiro atoms. The van der Waals surface area contributed by atoms with Crippen LogP contribution in [0.4, 0.5) is 11.4 Å².